The van der Waals surface area contributed by atoms with E-state index < -0.39 is 5.97 Å². The molecule has 0 spiro atoms. The molecule has 0 fully saturated rings. The van der Waals surface area contributed by atoms with Crippen molar-refractivity contribution < 1.29 is 9.90 Å². The van der Waals surface area contributed by atoms with Crippen LogP contribution in [-0.4, -0.2) is 34.1 Å². The number of hydrogen-bond acceptors (Lipinski definition) is 2. The minimum Gasteiger partial charge on any atom is -0.478 e. The Hall–Kier alpha value is -1.81. The molecule has 2 aromatic rings. The van der Waals surface area contributed by atoms with Gasteiger partial charge in [0.2, 0.25) is 0 Å². The van der Waals surface area contributed by atoms with E-state index in [1.807, 2.05) is 7.05 Å². The van der Waals surface area contributed by atoms with Crippen LogP contribution in [0.25, 0.3) is 10.9 Å². The third kappa shape index (κ3) is 1.91. The lowest BCUT2D eigenvalue weighted by Gasteiger charge is -2.25. The lowest BCUT2D eigenvalue weighted by atomic mass is 10.00. The Morgan fingerprint density at radius 3 is 2.70 bits per heavy atom. The Kier molecular flexibility index (Phi) is 3.05. The van der Waals surface area contributed by atoms with Gasteiger partial charge in [-0.1, -0.05) is 19.9 Å². The molecule has 1 N–H and O–H groups in total. The van der Waals surface area contributed by atoms with E-state index in [-0.39, 0.29) is 0 Å². The quantitative estimate of drug-likeness (QED) is 0.914. The Morgan fingerprint density at radius 2 is 2.05 bits per heavy atom. The van der Waals surface area contributed by atoms with Crippen LogP contribution < -0.4 is 0 Å². The highest BCUT2D eigenvalue weighted by Gasteiger charge is 2.25. The molecule has 0 saturated carbocycles. The zero-order chi connectivity index (χ0) is 14.4. The number of carbonyl (C=O) groups is 1. The molecule has 1 aromatic heterocycles. The number of rotatable bonds is 2. The maximum Gasteiger partial charge on any atom is 0.338 e. The zero-order valence-electron chi connectivity index (χ0n) is 12.2. The summed E-state index contributed by atoms with van der Waals surface area (Å²) in [5.74, 6) is -0.416. The van der Waals surface area contributed by atoms with Gasteiger partial charge in [0.1, 0.15) is 0 Å². The highest BCUT2D eigenvalue weighted by atomic mass is 16.4. The summed E-state index contributed by atoms with van der Waals surface area (Å²) in [6.07, 6.45) is 0. The van der Waals surface area contributed by atoms with Crippen molar-refractivity contribution in [3.63, 3.8) is 0 Å². The average Bonchev–Trinajstić information content (AvgIpc) is 2.70. The molecule has 0 unspecified atom stereocenters. The normalized spacial score (nSPS) is 15.8. The average molecular weight is 272 g/mol. The second-order valence-electron chi connectivity index (χ2n) is 5.95. The van der Waals surface area contributed by atoms with Gasteiger partial charge in [-0.15, -0.1) is 0 Å². The van der Waals surface area contributed by atoms with Gasteiger partial charge >= 0.3 is 5.97 Å². The van der Waals surface area contributed by atoms with E-state index in [1.54, 1.807) is 0 Å². The van der Waals surface area contributed by atoms with Crippen LogP contribution in [0.4, 0.5) is 0 Å². The molecule has 4 heteroatoms. The topological polar surface area (TPSA) is 45.5 Å². The number of likely N-dealkylation sites (N-methyl/N-ethyl adjacent to an activating group) is 1. The molecule has 1 aromatic carbocycles. The van der Waals surface area contributed by atoms with Crippen molar-refractivity contribution in [3.8, 4) is 0 Å². The van der Waals surface area contributed by atoms with E-state index in [1.165, 1.54) is 5.56 Å². The van der Waals surface area contributed by atoms with Crippen LogP contribution in [0.5, 0.6) is 0 Å². The first-order valence-electron chi connectivity index (χ1n) is 7.06. The molecule has 0 saturated heterocycles. The van der Waals surface area contributed by atoms with Crippen LogP contribution in [0.15, 0.2) is 18.2 Å². The number of carboxylic acid groups (broad SMARTS) is 1. The van der Waals surface area contributed by atoms with E-state index in [0.717, 1.165) is 29.7 Å². The summed E-state index contributed by atoms with van der Waals surface area (Å²) in [6, 6.07) is 6.24. The first kappa shape index (κ1) is 13.2. The monoisotopic (exact) mass is 272 g/mol. The maximum atomic E-state index is 11.7. The second kappa shape index (κ2) is 4.63. The molecule has 0 amide bonds. The lowest BCUT2D eigenvalue weighted by Crippen LogP contribution is -2.30. The van der Waals surface area contributed by atoms with Gasteiger partial charge in [0.25, 0.3) is 0 Å². The van der Waals surface area contributed by atoms with Gasteiger partial charge in [0.05, 0.1) is 5.56 Å². The molecule has 20 heavy (non-hydrogen) atoms. The van der Waals surface area contributed by atoms with Crippen LogP contribution in [0, 0.1) is 0 Å². The Labute approximate surface area is 118 Å². The fourth-order valence-corrected chi connectivity index (χ4v) is 3.05. The molecule has 0 atom stereocenters. The van der Waals surface area contributed by atoms with Gasteiger partial charge < -0.3 is 9.67 Å². The molecule has 2 heterocycles. The van der Waals surface area contributed by atoms with Crippen molar-refractivity contribution in [3.05, 3.63) is 35.0 Å². The van der Waals surface area contributed by atoms with Gasteiger partial charge in [-0.2, -0.15) is 0 Å². The van der Waals surface area contributed by atoms with Crippen molar-refractivity contribution in [1.29, 1.82) is 0 Å². The smallest absolute Gasteiger partial charge is 0.338 e. The van der Waals surface area contributed by atoms with Crippen LogP contribution in [-0.2, 0) is 13.1 Å². The highest BCUT2D eigenvalue weighted by Crippen LogP contribution is 2.31. The van der Waals surface area contributed by atoms with E-state index in [9.17, 15) is 9.90 Å². The standard InChI is InChI=1S/C16H20N2O2/c1-10(2)11-4-5-13-12(8-11)15(16(19)20)14-9-17(3)6-7-18(13)14/h4-5,8,10H,6-7,9H2,1-3H3,(H,19,20). The summed E-state index contributed by atoms with van der Waals surface area (Å²) in [7, 11) is 2.03. The molecular weight excluding hydrogens is 252 g/mol. The minimum atomic E-state index is -0.819. The van der Waals surface area contributed by atoms with Gasteiger partial charge in [-0.3, -0.25) is 4.90 Å². The number of benzene rings is 1. The van der Waals surface area contributed by atoms with E-state index in [4.69, 9.17) is 0 Å². The SMILES string of the molecule is CC(C)c1ccc2c(c1)c(C(=O)O)c1n2CCN(C)C1. The van der Waals surface area contributed by atoms with Crippen molar-refractivity contribution in [2.45, 2.75) is 32.9 Å². The summed E-state index contributed by atoms with van der Waals surface area (Å²) in [4.78, 5) is 13.9. The molecule has 1 aliphatic rings. The van der Waals surface area contributed by atoms with Crippen molar-refractivity contribution in [1.82, 2.24) is 9.47 Å². The summed E-state index contributed by atoms with van der Waals surface area (Å²) in [6.45, 7) is 6.78. The number of aromatic nitrogens is 1. The summed E-state index contributed by atoms with van der Waals surface area (Å²) < 4.78 is 2.17. The van der Waals surface area contributed by atoms with Crippen LogP contribution in [0.1, 0.15) is 41.4 Å². The van der Waals surface area contributed by atoms with Crippen molar-refractivity contribution in [2.24, 2.45) is 0 Å². The minimum absolute atomic E-state index is 0.403. The molecular formula is C16H20N2O2. The second-order valence-corrected chi connectivity index (χ2v) is 5.95. The van der Waals surface area contributed by atoms with Crippen molar-refractivity contribution >= 4 is 16.9 Å². The van der Waals surface area contributed by atoms with Crippen molar-refractivity contribution in [2.75, 3.05) is 13.6 Å². The van der Waals surface area contributed by atoms with E-state index in [2.05, 4.69) is 41.5 Å². The zero-order valence-corrected chi connectivity index (χ0v) is 12.2. The molecule has 4 nitrogen and oxygen atoms in total. The van der Waals surface area contributed by atoms with Crippen LogP contribution >= 0.6 is 0 Å². The number of carboxylic acids is 1. The summed E-state index contributed by atoms with van der Waals surface area (Å²) in [5, 5.41) is 10.5. The van der Waals surface area contributed by atoms with Gasteiger partial charge in [0, 0.05) is 36.2 Å². The number of hydrogen-bond donors (Lipinski definition) is 1. The molecule has 0 radical (unpaired) electrons. The molecule has 1 aliphatic heterocycles. The van der Waals surface area contributed by atoms with Gasteiger partial charge in [0.15, 0.2) is 0 Å². The number of aromatic carboxylic acids is 1. The van der Waals surface area contributed by atoms with Crippen LogP contribution in [0.2, 0.25) is 0 Å². The highest BCUT2D eigenvalue weighted by molar-refractivity contribution is 6.05. The maximum absolute atomic E-state index is 11.7. The third-order valence-electron chi connectivity index (χ3n) is 4.20. The molecule has 3 rings (SSSR count). The first-order valence-corrected chi connectivity index (χ1v) is 7.06. The van der Waals surface area contributed by atoms with E-state index >= 15 is 0 Å². The fraction of sp³-hybridized carbons (Fsp3) is 0.438. The largest absolute Gasteiger partial charge is 0.478 e. The summed E-state index contributed by atoms with van der Waals surface area (Å²) >= 11 is 0. The molecule has 0 bridgehead atoms. The Bertz CT molecular complexity index is 685. The first-order chi connectivity index (χ1) is 9.49. The number of fused-ring (bicyclic) bond motifs is 3. The predicted octanol–water partition coefficient (Wildman–Crippen LogP) is 2.91. The predicted molar refractivity (Wildman–Crippen MR) is 79.3 cm³/mol. The Balaban J connectivity index is 2.31. The fourth-order valence-electron chi connectivity index (χ4n) is 3.05. The van der Waals surface area contributed by atoms with Crippen LogP contribution in [0.3, 0.4) is 0 Å². The summed E-state index contributed by atoms with van der Waals surface area (Å²) in [5.41, 5.74) is 3.66. The molecule has 106 valence electrons. The van der Waals surface area contributed by atoms with E-state index in [0.29, 0.717) is 18.0 Å². The van der Waals surface area contributed by atoms with Gasteiger partial charge in [-0.25, -0.2) is 4.79 Å². The molecule has 0 aliphatic carbocycles. The Morgan fingerprint density at radius 1 is 1.30 bits per heavy atom. The third-order valence-corrected chi connectivity index (χ3v) is 4.20. The lowest BCUT2D eigenvalue weighted by molar-refractivity contribution is 0.0695. The number of nitrogens with zero attached hydrogens (tertiary/aromatic N) is 2. The van der Waals surface area contributed by atoms with Gasteiger partial charge in [-0.05, 0) is 30.7 Å².